The lowest BCUT2D eigenvalue weighted by Gasteiger charge is -2.35. The molecule has 0 saturated carbocycles. The molecule has 0 atom stereocenters. The van der Waals surface area contributed by atoms with Crippen LogP contribution in [0, 0.1) is 12.7 Å². The quantitative estimate of drug-likeness (QED) is 0.666. The molecule has 2 aromatic carbocycles. The summed E-state index contributed by atoms with van der Waals surface area (Å²) >= 11 is 6.13. The van der Waals surface area contributed by atoms with Crippen LogP contribution in [-0.2, 0) is 0 Å². The van der Waals surface area contributed by atoms with Crippen LogP contribution in [0.1, 0.15) is 5.56 Å². The lowest BCUT2D eigenvalue weighted by molar-refractivity contribution is 0.208. The molecule has 1 aromatic heterocycles. The summed E-state index contributed by atoms with van der Waals surface area (Å²) < 4.78 is 13.2. The first kappa shape index (κ1) is 20.1. The van der Waals surface area contributed by atoms with E-state index in [1.54, 1.807) is 23.1 Å². The predicted octanol–water partition coefficient (Wildman–Crippen LogP) is 4.60. The van der Waals surface area contributed by atoms with Crippen LogP contribution < -0.4 is 10.2 Å². The molecule has 154 valence electrons. The Morgan fingerprint density at radius 2 is 1.77 bits per heavy atom. The Morgan fingerprint density at radius 3 is 2.47 bits per heavy atom. The number of halogens is 2. The number of aromatic nitrogens is 2. The van der Waals surface area contributed by atoms with Crippen molar-refractivity contribution in [3.8, 4) is 11.3 Å². The van der Waals surface area contributed by atoms with Crippen molar-refractivity contribution < 1.29 is 9.18 Å². The molecular weight excluding hydrogens is 405 g/mol. The summed E-state index contributed by atoms with van der Waals surface area (Å²) in [5, 5.41) is 3.52. The number of aryl methyl sites for hydroxylation is 1. The molecule has 1 aliphatic rings. The average molecular weight is 426 g/mol. The Morgan fingerprint density at radius 1 is 1.03 bits per heavy atom. The third kappa shape index (κ3) is 4.52. The fourth-order valence-corrected chi connectivity index (χ4v) is 3.49. The molecule has 30 heavy (non-hydrogen) atoms. The van der Waals surface area contributed by atoms with Gasteiger partial charge in [0.15, 0.2) is 0 Å². The van der Waals surface area contributed by atoms with Crippen LogP contribution in [-0.4, -0.2) is 47.1 Å². The first-order valence-electron chi connectivity index (χ1n) is 9.64. The summed E-state index contributed by atoms with van der Waals surface area (Å²) in [6.07, 6.45) is 1.51. The number of hydrogen-bond acceptors (Lipinski definition) is 4. The second kappa shape index (κ2) is 8.67. The number of carbonyl (C=O) groups is 1. The number of nitrogens with one attached hydrogen (secondary N) is 1. The van der Waals surface area contributed by atoms with Crippen molar-refractivity contribution in [3.63, 3.8) is 0 Å². The van der Waals surface area contributed by atoms with Gasteiger partial charge in [-0.3, -0.25) is 0 Å². The Labute approximate surface area is 179 Å². The molecule has 8 heteroatoms. The first-order valence-corrected chi connectivity index (χ1v) is 10.0. The monoisotopic (exact) mass is 425 g/mol. The molecule has 0 bridgehead atoms. The Balaban J connectivity index is 1.38. The van der Waals surface area contributed by atoms with Crippen molar-refractivity contribution in [3.05, 3.63) is 71.3 Å². The van der Waals surface area contributed by atoms with Crippen LogP contribution in [0.15, 0.2) is 54.9 Å². The van der Waals surface area contributed by atoms with Gasteiger partial charge in [0.25, 0.3) is 0 Å². The average Bonchev–Trinajstić information content (AvgIpc) is 2.77. The zero-order valence-electron chi connectivity index (χ0n) is 16.5. The van der Waals surface area contributed by atoms with Crippen LogP contribution in [0.5, 0.6) is 0 Å². The van der Waals surface area contributed by atoms with Gasteiger partial charge in [-0.05, 0) is 48.9 Å². The zero-order chi connectivity index (χ0) is 21.1. The molecule has 2 heterocycles. The molecule has 0 aliphatic carbocycles. The van der Waals surface area contributed by atoms with Crippen molar-refractivity contribution in [2.45, 2.75) is 6.92 Å². The highest BCUT2D eigenvalue weighted by molar-refractivity contribution is 6.31. The fraction of sp³-hybridized carbons (Fsp3) is 0.227. The molecule has 0 radical (unpaired) electrons. The molecule has 1 fully saturated rings. The van der Waals surface area contributed by atoms with Gasteiger partial charge < -0.3 is 15.1 Å². The molecule has 4 rings (SSSR count). The molecule has 1 saturated heterocycles. The number of urea groups is 1. The molecule has 1 N–H and O–H groups in total. The fourth-order valence-electron chi connectivity index (χ4n) is 3.31. The third-order valence-electron chi connectivity index (χ3n) is 5.11. The van der Waals surface area contributed by atoms with Gasteiger partial charge in [0.1, 0.15) is 18.0 Å². The maximum absolute atomic E-state index is 13.2. The van der Waals surface area contributed by atoms with Crippen molar-refractivity contribution in [1.82, 2.24) is 14.9 Å². The van der Waals surface area contributed by atoms with Crippen LogP contribution >= 0.6 is 11.6 Å². The van der Waals surface area contributed by atoms with E-state index >= 15 is 0 Å². The van der Waals surface area contributed by atoms with Crippen molar-refractivity contribution in [2.24, 2.45) is 0 Å². The maximum atomic E-state index is 13.2. The highest BCUT2D eigenvalue weighted by Crippen LogP contribution is 2.23. The van der Waals surface area contributed by atoms with Gasteiger partial charge in [0.05, 0.1) is 5.69 Å². The third-order valence-corrected chi connectivity index (χ3v) is 5.51. The van der Waals surface area contributed by atoms with Crippen molar-refractivity contribution in [1.29, 1.82) is 0 Å². The van der Waals surface area contributed by atoms with E-state index in [1.807, 2.05) is 25.1 Å². The minimum absolute atomic E-state index is 0.149. The molecule has 2 amide bonds. The van der Waals surface area contributed by atoms with E-state index in [1.165, 1.54) is 18.5 Å². The van der Waals surface area contributed by atoms with E-state index < -0.39 is 0 Å². The Kier molecular flexibility index (Phi) is 5.81. The van der Waals surface area contributed by atoms with E-state index in [9.17, 15) is 9.18 Å². The van der Waals surface area contributed by atoms with Gasteiger partial charge in [-0.15, -0.1) is 0 Å². The Bertz CT molecular complexity index is 1050. The van der Waals surface area contributed by atoms with Crippen molar-refractivity contribution >= 4 is 29.1 Å². The predicted molar refractivity (Wildman–Crippen MR) is 116 cm³/mol. The number of benzene rings is 2. The number of carbonyl (C=O) groups excluding carboxylic acids is 1. The van der Waals surface area contributed by atoms with Crippen molar-refractivity contribution in [2.75, 3.05) is 36.4 Å². The topological polar surface area (TPSA) is 61.4 Å². The maximum Gasteiger partial charge on any atom is 0.321 e. The molecular formula is C22H21ClFN5O. The van der Waals surface area contributed by atoms with E-state index in [-0.39, 0.29) is 11.8 Å². The summed E-state index contributed by atoms with van der Waals surface area (Å²) in [6.45, 7) is 4.37. The van der Waals surface area contributed by atoms with Gasteiger partial charge in [-0.2, -0.15) is 0 Å². The number of amides is 2. The molecule has 6 nitrogen and oxygen atoms in total. The van der Waals surface area contributed by atoms with Crippen LogP contribution in [0.2, 0.25) is 5.02 Å². The summed E-state index contributed by atoms with van der Waals surface area (Å²) in [7, 11) is 0. The van der Waals surface area contributed by atoms with Gasteiger partial charge in [0, 0.05) is 48.5 Å². The molecule has 3 aromatic rings. The van der Waals surface area contributed by atoms with E-state index in [2.05, 4.69) is 20.2 Å². The van der Waals surface area contributed by atoms with E-state index in [0.29, 0.717) is 36.9 Å². The van der Waals surface area contributed by atoms with Crippen LogP contribution in [0.4, 0.5) is 20.7 Å². The van der Waals surface area contributed by atoms with E-state index in [4.69, 9.17) is 11.6 Å². The number of rotatable bonds is 3. The minimum Gasteiger partial charge on any atom is -0.353 e. The zero-order valence-corrected chi connectivity index (χ0v) is 17.2. The summed E-state index contributed by atoms with van der Waals surface area (Å²) in [4.78, 5) is 25.1. The van der Waals surface area contributed by atoms with Gasteiger partial charge in [-0.25, -0.2) is 19.2 Å². The highest BCUT2D eigenvalue weighted by Gasteiger charge is 2.22. The number of nitrogens with zero attached hydrogens (tertiary/aromatic N) is 4. The lowest BCUT2D eigenvalue weighted by Crippen LogP contribution is -2.50. The van der Waals surface area contributed by atoms with Crippen LogP contribution in [0.25, 0.3) is 11.3 Å². The number of hydrogen-bond donors (Lipinski definition) is 1. The number of anilines is 2. The number of piperazine rings is 1. The van der Waals surface area contributed by atoms with Gasteiger partial charge >= 0.3 is 6.03 Å². The Hall–Kier alpha value is -3.19. The largest absolute Gasteiger partial charge is 0.353 e. The standard InChI is InChI=1S/C22H21ClFN5O/c1-15-2-7-18(12-19(15)23)27-22(30)29-10-8-28(9-11-29)21-13-20(25-14-26-21)16-3-5-17(24)6-4-16/h2-7,12-14H,8-11H2,1H3,(H,27,30). The summed E-state index contributed by atoms with van der Waals surface area (Å²) in [5.74, 6) is 0.505. The van der Waals surface area contributed by atoms with Crippen LogP contribution in [0.3, 0.4) is 0 Å². The normalized spacial score (nSPS) is 14.0. The minimum atomic E-state index is -0.282. The highest BCUT2D eigenvalue weighted by atomic mass is 35.5. The molecule has 0 spiro atoms. The second-order valence-electron chi connectivity index (χ2n) is 7.14. The van der Waals surface area contributed by atoms with Gasteiger partial charge in [0.2, 0.25) is 0 Å². The summed E-state index contributed by atoms with van der Waals surface area (Å²) in [5.41, 5.74) is 3.21. The van der Waals surface area contributed by atoms with E-state index in [0.717, 1.165) is 22.6 Å². The lowest BCUT2D eigenvalue weighted by atomic mass is 10.1. The SMILES string of the molecule is Cc1ccc(NC(=O)N2CCN(c3cc(-c4ccc(F)cc4)ncn3)CC2)cc1Cl. The summed E-state index contributed by atoms with van der Waals surface area (Å²) in [6, 6.07) is 13.4. The van der Waals surface area contributed by atoms with Gasteiger partial charge in [-0.1, -0.05) is 17.7 Å². The second-order valence-corrected chi connectivity index (χ2v) is 7.54. The smallest absolute Gasteiger partial charge is 0.321 e. The molecule has 0 unspecified atom stereocenters. The first-order chi connectivity index (χ1) is 14.5. The molecule has 1 aliphatic heterocycles.